The summed E-state index contributed by atoms with van der Waals surface area (Å²) in [5, 5.41) is 3.41. The Kier molecular flexibility index (Phi) is 7.06. The van der Waals surface area contributed by atoms with Crippen LogP contribution in [0.1, 0.15) is 49.9 Å². The van der Waals surface area contributed by atoms with Crippen molar-refractivity contribution < 1.29 is 4.79 Å². The van der Waals surface area contributed by atoms with Crippen LogP contribution in [0.15, 0.2) is 18.2 Å². The number of nitrogen functional groups attached to an aromatic ring is 1. The molecule has 0 aromatic heterocycles. The highest BCUT2D eigenvalue weighted by molar-refractivity contribution is 5.95. The first kappa shape index (κ1) is 17.3. The first-order valence-electron chi connectivity index (χ1n) is 7.84. The van der Waals surface area contributed by atoms with Crippen LogP contribution in [0.2, 0.25) is 0 Å². The molecule has 4 nitrogen and oxygen atoms in total. The molecule has 0 saturated heterocycles. The summed E-state index contributed by atoms with van der Waals surface area (Å²) in [6.07, 6.45) is 4.87. The fourth-order valence-electron chi connectivity index (χ4n) is 2.30. The van der Waals surface area contributed by atoms with Gasteiger partial charge in [0.05, 0.1) is 11.4 Å². The van der Waals surface area contributed by atoms with Crippen molar-refractivity contribution in [2.45, 2.75) is 39.5 Å². The van der Waals surface area contributed by atoms with E-state index in [1.807, 2.05) is 6.07 Å². The van der Waals surface area contributed by atoms with Gasteiger partial charge in [0, 0.05) is 26.2 Å². The summed E-state index contributed by atoms with van der Waals surface area (Å²) in [7, 11) is 3.51. The number of carbonyl (C=O) groups is 1. The molecule has 1 rings (SSSR count). The van der Waals surface area contributed by atoms with Crippen molar-refractivity contribution >= 4 is 17.3 Å². The number of hydrogen-bond donors (Lipinski definition) is 2. The summed E-state index contributed by atoms with van der Waals surface area (Å²) in [4.78, 5) is 13.6. The zero-order valence-corrected chi connectivity index (χ0v) is 13.8. The molecule has 0 bridgehead atoms. The largest absolute Gasteiger partial charge is 0.397 e. The predicted octanol–water partition coefficient (Wildman–Crippen LogP) is 3.60. The molecule has 0 aliphatic heterocycles. The zero-order valence-electron chi connectivity index (χ0n) is 13.8. The lowest BCUT2D eigenvalue weighted by Gasteiger charge is -2.18. The molecule has 1 unspecified atom stereocenters. The van der Waals surface area contributed by atoms with Gasteiger partial charge in [0.25, 0.3) is 5.91 Å². The Hall–Kier alpha value is -1.71. The quantitative estimate of drug-likeness (QED) is 0.719. The van der Waals surface area contributed by atoms with Gasteiger partial charge in [-0.2, -0.15) is 0 Å². The number of carbonyl (C=O) groups excluding carboxylic acids is 1. The van der Waals surface area contributed by atoms with Crippen LogP contribution in [0, 0.1) is 5.92 Å². The van der Waals surface area contributed by atoms with Crippen LogP contribution < -0.4 is 11.1 Å². The molecule has 1 aromatic carbocycles. The maximum absolute atomic E-state index is 12.0. The molecule has 0 fully saturated rings. The molecule has 1 aromatic rings. The maximum Gasteiger partial charge on any atom is 0.253 e. The van der Waals surface area contributed by atoms with E-state index in [1.165, 1.54) is 19.3 Å². The van der Waals surface area contributed by atoms with E-state index < -0.39 is 0 Å². The molecule has 1 amide bonds. The Morgan fingerprint density at radius 3 is 2.62 bits per heavy atom. The number of benzene rings is 1. The monoisotopic (exact) mass is 291 g/mol. The number of nitrogens with one attached hydrogen (secondary N) is 1. The summed E-state index contributed by atoms with van der Waals surface area (Å²) < 4.78 is 0. The summed E-state index contributed by atoms with van der Waals surface area (Å²) in [6, 6.07) is 5.42. The van der Waals surface area contributed by atoms with Gasteiger partial charge in [-0.15, -0.1) is 0 Å². The number of nitrogens with two attached hydrogens (primary N) is 1. The van der Waals surface area contributed by atoms with E-state index in [2.05, 4.69) is 19.2 Å². The Labute approximate surface area is 128 Å². The molecule has 0 spiro atoms. The van der Waals surface area contributed by atoms with Gasteiger partial charge in [-0.3, -0.25) is 4.79 Å². The summed E-state index contributed by atoms with van der Waals surface area (Å²) in [5.41, 5.74) is 8.22. The van der Waals surface area contributed by atoms with Crippen molar-refractivity contribution in [1.82, 2.24) is 4.90 Å². The molecule has 4 heteroatoms. The minimum absolute atomic E-state index is 0.00363. The van der Waals surface area contributed by atoms with Crippen LogP contribution in [0.5, 0.6) is 0 Å². The minimum Gasteiger partial charge on any atom is -0.397 e. The van der Waals surface area contributed by atoms with Crippen molar-refractivity contribution in [3.8, 4) is 0 Å². The summed E-state index contributed by atoms with van der Waals surface area (Å²) in [5.74, 6) is 0.647. The third-order valence-electron chi connectivity index (χ3n) is 3.83. The molecule has 0 radical (unpaired) electrons. The third-order valence-corrected chi connectivity index (χ3v) is 3.83. The fourth-order valence-corrected chi connectivity index (χ4v) is 2.30. The van der Waals surface area contributed by atoms with Gasteiger partial charge in [0.15, 0.2) is 0 Å². The Morgan fingerprint density at radius 2 is 2.05 bits per heavy atom. The van der Waals surface area contributed by atoms with E-state index in [-0.39, 0.29) is 5.91 Å². The molecule has 0 aliphatic rings. The molecule has 1 atom stereocenters. The van der Waals surface area contributed by atoms with Gasteiger partial charge in [0.1, 0.15) is 0 Å². The normalized spacial score (nSPS) is 12.0. The van der Waals surface area contributed by atoms with Gasteiger partial charge in [-0.05, 0) is 30.5 Å². The number of unbranched alkanes of at least 4 members (excludes halogenated alkanes) is 1. The van der Waals surface area contributed by atoms with Crippen LogP contribution >= 0.6 is 0 Å². The highest BCUT2D eigenvalue weighted by atomic mass is 16.2. The van der Waals surface area contributed by atoms with Crippen molar-refractivity contribution in [3.63, 3.8) is 0 Å². The van der Waals surface area contributed by atoms with E-state index in [9.17, 15) is 4.79 Å². The Morgan fingerprint density at radius 1 is 1.33 bits per heavy atom. The van der Waals surface area contributed by atoms with Crippen molar-refractivity contribution in [1.29, 1.82) is 0 Å². The minimum atomic E-state index is -0.00363. The molecule has 21 heavy (non-hydrogen) atoms. The first-order chi connectivity index (χ1) is 9.99. The molecular formula is C17H29N3O. The Bertz CT molecular complexity index is 457. The van der Waals surface area contributed by atoms with Gasteiger partial charge in [0.2, 0.25) is 0 Å². The van der Waals surface area contributed by atoms with E-state index >= 15 is 0 Å². The molecule has 3 N–H and O–H groups in total. The van der Waals surface area contributed by atoms with Crippen LogP contribution in [0.3, 0.4) is 0 Å². The van der Waals surface area contributed by atoms with E-state index in [0.717, 1.165) is 18.7 Å². The van der Waals surface area contributed by atoms with Gasteiger partial charge >= 0.3 is 0 Å². The standard InChI is InChI=1S/C17H29N3O/c1-5-7-8-13(6-2)12-19-16-11-14(9-10-15(16)18)17(21)20(3)4/h9-11,13,19H,5-8,12,18H2,1-4H3. The lowest BCUT2D eigenvalue weighted by Crippen LogP contribution is -2.22. The lowest BCUT2D eigenvalue weighted by molar-refractivity contribution is 0.0827. The maximum atomic E-state index is 12.0. The number of nitrogens with zero attached hydrogens (tertiary/aromatic N) is 1. The van der Waals surface area contributed by atoms with E-state index in [0.29, 0.717) is 17.2 Å². The van der Waals surface area contributed by atoms with Crippen molar-refractivity contribution in [2.24, 2.45) is 5.92 Å². The number of rotatable bonds is 8. The highest BCUT2D eigenvalue weighted by Gasteiger charge is 2.11. The second-order valence-electron chi connectivity index (χ2n) is 5.80. The topological polar surface area (TPSA) is 58.4 Å². The van der Waals surface area contributed by atoms with E-state index in [1.54, 1.807) is 31.1 Å². The smallest absolute Gasteiger partial charge is 0.253 e. The van der Waals surface area contributed by atoms with Crippen LogP contribution in [-0.4, -0.2) is 31.4 Å². The number of hydrogen-bond acceptors (Lipinski definition) is 3. The first-order valence-corrected chi connectivity index (χ1v) is 7.84. The predicted molar refractivity (Wildman–Crippen MR) is 90.7 cm³/mol. The van der Waals surface area contributed by atoms with Gasteiger partial charge in [-0.25, -0.2) is 0 Å². The third kappa shape index (κ3) is 5.29. The van der Waals surface area contributed by atoms with Crippen molar-refractivity contribution in [2.75, 3.05) is 31.7 Å². The average Bonchev–Trinajstić information content (AvgIpc) is 2.48. The highest BCUT2D eigenvalue weighted by Crippen LogP contribution is 2.22. The lowest BCUT2D eigenvalue weighted by atomic mass is 9.99. The zero-order chi connectivity index (χ0) is 15.8. The number of amides is 1. The average molecular weight is 291 g/mol. The van der Waals surface area contributed by atoms with Crippen LogP contribution in [-0.2, 0) is 0 Å². The SMILES string of the molecule is CCCCC(CC)CNc1cc(C(=O)N(C)C)ccc1N. The second kappa shape index (κ2) is 8.55. The molecule has 118 valence electrons. The van der Waals surface area contributed by atoms with Gasteiger partial charge in [-0.1, -0.05) is 33.1 Å². The number of anilines is 2. The van der Waals surface area contributed by atoms with Crippen LogP contribution in [0.25, 0.3) is 0 Å². The summed E-state index contributed by atoms with van der Waals surface area (Å²) >= 11 is 0. The van der Waals surface area contributed by atoms with Crippen molar-refractivity contribution in [3.05, 3.63) is 23.8 Å². The van der Waals surface area contributed by atoms with Crippen LogP contribution in [0.4, 0.5) is 11.4 Å². The Balaban J connectivity index is 2.73. The molecule has 0 heterocycles. The van der Waals surface area contributed by atoms with E-state index in [4.69, 9.17) is 5.73 Å². The second-order valence-corrected chi connectivity index (χ2v) is 5.80. The molecule has 0 aliphatic carbocycles. The van der Waals surface area contributed by atoms with Gasteiger partial charge < -0.3 is 16.0 Å². The molecular weight excluding hydrogens is 262 g/mol. The summed E-state index contributed by atoms with van der Waals surface area (Å²) in [6.45, 7) is 5.34. The fraction of sp³-hybridized carbons (Fsp3) is 0.588. The molecule has 0 saturated carbocycles.